The maximum atomic E-state index is 12.6. The van der Waals surface area contributed by atoms with E-state index in [1.165, 1.54) is 6.07 Å². The Hall–Kier alpha value is -2.12. The third-order valence-electron chi connectivity index (χ3n) is 4.18. The van der Waals surface area contributed by atoms with E-state index in [1.807, 2.05) is 0 Å². The van der Waals surface area contributed by atoms with Crippen LogP contribution in [-0.4, -0.2) is 15.0 Å². The van der Waals surface area contributed by atoms with Crippen LogP contribution in [0.5, 0.6) is 5.75 Å². The molecule has 10 heteroatoms. The number of halogens is 4. The highest BCUT2D eigenvalue weighted by Gasteiger charge is 2.24. The molecule has 0 fully saturated rings. The van der Waals surface area contributed by atoms with Gasteiger partial charge in [-0.1, -0.05) is 46.4 Å². The van der Waals surface area contributed by atoms with Crippen molar-refractivity contribution in [2.24, 2.45) is 0 Å². The molecule has 0 unspecified atom stereocenters. The van der Waals surface area contributed by atoms with Crippen LogP contribution in [0.1, 0.15) is 11.1 Å². The first kappa shape index (κ1) is 20.6. The topological polar surface area (TPSA) is 93.3 Å². The highest BCUT2D eigenvalue weighted by molar-refractivity contribution is 6.48. The van der Waals surface area contributed by atoms with E-state index in [2.05, 4.69) is 4.98 Å². The van der Waals surface area contributed by atoms with Crippen molar-refractivity contribution >= 4 is 63.0 Å². The number of hydrogen-bond donors (Lipinski definition) is 1. The number of aromatic nitrogens is 1. The largest absolute Gasteiger partial charge is 0.505 e. The molecule has 28 heavy (non-hydrogen) atoms. The van der Waals surface area contributed by atoms with Crippen LogP contribution >= 0.6 is 46.4 Å². The number of hydrogen-bond acceptors (Lipinski definition) is 5. The lowest BCUT2D eigenvalue weighted by Gasteiger charge is -2.10. The SMILES string of the molecule is Cc1cc(C)c2nc(-c3c(O)c(Cl)c(Cl)c(Cl)cc3=O)cc(Cl)c2c1[N+](=O)[O-]. The Labute approximate surface area is 178 Å². The van der Waals surface area contributed by atoms with Gasteiger partial charge in [-0.25, -0.2) is 4.98 Å². The summed E-state index contributed by atoms with van der Waals surface area (Å²) < 4.78 is 0. The molecule has 0 radical (unpaired) electrons. The van der Waals surface area contributed by atoms with E-state index in [0.717, 1.165) is 6.07 Å². The van der Waals surface area contributed by atoms with Crippen LogP contribution < -0.4 is 5.43 Å². The van der Waals surface area contributed by atoms with E-state index >= 15 is 0 Å². The number of benzene rings is 1. The molecule has 0 aliphatic carbocycles. The average Bonchev–Trinajstić information content (AvgIpc) is 2.66. The molecule has 1 N–H and O–H groups in total. The maximum Gasteiger partial charge on any atom is 0.283 e. The first-order chi connectivity index (χ1) is 13.0. The van der Waals surface area contributed by atoms with Gasteiger partial charge >= 0.3 is 0 Å². The second-order valence-corrected chi connectivity index (χ2v) is 7.61. The highest BCUT2D eigenvalue weighted by atomic mass is 35.5. The maximum absolute atomic E-state index is 12.6. The summed E-state index contributed by atoms with van der Waals surface area (Å²) in [4.78, 5) is 27.9. The van der Waals surface area contributed by atoms with Crippen molar-refractivity contribution < 1.29 is 10.0 Å². The molecule has 0 amide bonds. The summed E-state index contributed by atoms with van der Waals surface area (Å²) in [7, 11) is 0. The summed E-state index contributed by atoms with van der Waals surface area (Å²) in [6.07, 6.45) is 0. The predicted octanol–water partition coefficient (Wildman–Crippen LogP) is 6.11. The third-order valence-corrected chi connectivity index (χ3v) is 5.73. The van der Waals surface area contributed by atoms with Gasteiger partial charge in [-0.15, -0.1) is 0 Å². The first-order valence-electron chi connectivity index (χ1n) is 7.70. The van der Waals surface area contributed by atoms with Crippen LogP contribution in [0.15, 0.2) is 23.0 Å². The van der Waals surface area contributed by atoms with Gasteiger partial charge in [0, 0.05) is 11.6 Å². The fourth-order valence-corrected chi connectivity index (χ4v) is 3.84. The van der Waals surface area contributed by atoms with Crippen LogP contribution in [0, 0.1) is 24.0 Å². The lowest BCUT2D eigenvalue weighted by molar-refractivity contribution is -0.383. The van der Waals surface area contributed by atoms with Crippen LogP contribution in [0.2, 0.25) is 20.1 Å². The van der Waals surface area contributed by atoms with Crippen LogP contribution in [0.4, 0.5) is 5.69 Å². The number of aryl methyl sites for hydroxylation is 2. The fourth-order valence-electron chi connectivity index (χ4n) is 2.98. The van der Waals surface area contributed by atoms with Gasteiger partial charge in [0.15, 0.2) is 5.43 Å². The number of nitro benzene ring substituents is 1. The molecule has 0 saturated carbocycles. The molecule has 6 nitrogen and oxygen atoms in total. The van der Waals surface area contributed by atoms with Crippen molar-refractivity contribution in [1.82, 2.24) is 4.98 Å². The molecule has 3 rings (SSSR count). The molecule has 1 aromatic heterocycles. The summed E-state index contributed by atoms with van der Waals surface area (Å²) in [6, 6.07) is 3.84. The van der Waals surface area contributed by atoms with Gasteiger partial charge < -0.3 is 5.11 Å². The Morgan fingerprint density at radius 1 is 1.00 bits per heavy atom. The monoisotopic (exact) mass is 458 g/mol. The standard InChI is InChI=1S/C18H10Cl4N2O4/c1-6-3-7(2)17(24(27)28)12-8(19)4-10(23-16(6)12)13-11(25)5-9(20)14(21)15(22)18(13)26/h3-5,26H,1-2H3. The zero-order valence-corrected chi connectivity index (χ0v) is 17.3. The first-order valence-corrected chi connectivity index (χ1v) is 9.21. The quantitative estimate of drug-likeness (QED) is 0.368. The Balaban J connectivity index is 2.50. The molecule has 0 aliphatic rings. The van der Waals surface area contributed by atoms with Crippen molar-refractivity contribution in [3.63, 3.8) is 0 Å². The van der Waals surface area contributed by atoms with Gasteiger partial charge in [-0.05, 0) is 31.5 Å². The van der Waals surface area contributed by atoms with Crippen molar-refractivity contribution in [2.45, 2.75) is 13.8 Å². The molecule has 2 aromatic carbocycles. The molecule has 144 valence electrons. The van der Waals surface area contributed by atoms with E-state index in [4.69, 9.17) is 46.4 Å². The summed E-state index contributed by atoms with van der Waals surface area (Å²) >= 11 is 24.2. The molecule has 0 saturated heterocycles. The number of nitrogens with zero attached hydrogens (tertiary/aromatic N) is 2. The fraction of sp³-hybridized carbons (Fsp3) is 0.111. The Bertz CT molecular complexity index is 1250. The number of fused-ring (bicyclic) bond motifs is 1. The molecular formula is C18H10Cl4N2O4. The molecule has 0 bridgehead atoms. The third kappa shape index (κ3) is 3.26. The van der Waals surface area contributed by atoms with E-state index in [0.29, 0.717) is 11.1 Å². The minimum atomic E-state index is -0.696. The van der Waals surface area contributed by atoms with Gasteiger partial charge in [0.25, 0.3) is 5.69 Å². The number of nitro groups is 1. The van der Waals surface area contributed by atoms with Crippen LogP contribution in [0.3, 0.4) is 0 Å². The normalized spacial score (nSPS) is 11.1. The summed E-state index contributed by atoms with van der Waals surface area (Å²) in [6.45, 7) is 3.30. The van der Waals surface area contributed by atoms with Gasteiger partial charge in [0.2, 0.25) is 0 Å². The summed E-state index contributed by atoms with van der Waals surface area (Å²) in [5.41, 5.74) is 0.0790. The summed E-state index contributed by atoms with van der Waals surface area (Å²) in [5.74, 6) is -0.620. The van der Waals surface area contributed by atoms with Crippen molar-refractivity contribution in [1.29, 1.82) is 0 Å². The highest BCUT2D eigenvalue weighted by Crippen LogP contribution is 2.42. The van der Waals surface area contributed by atoms with Crippen LogP contribution in [-0.2, 0) is 0 Å². The van der Waals surface area contributed by atoms with Crippen molar-refractivity contribution in [2.75, 3.05) is 0 Å². The zero-order chi connectivity index (χ0) is 20.9. The Morgan fingerprint density at radius 2 is 1.64 bits per heavy atom. The van der Waals surface area contributed by atoms with E-state index in [9.17, 15) is 20.0 Å². The van der Waals surface area contributed by atoms with Gasteiger partial charge in [-0.2, -0.15) is 0 Å². The average molecular weight is 460 g/mol. The van der Waals surface area contributed by atoms with E-state index in [1.54, 1.807) is 19.9 Å². The molecular weight excluding hydrogens is 450 g/mol. The number of pyridine rings is 1. The Morgan fingerprint density at radius 3 is 2.25 bits per heavy atom. The molecule has 1 heterocycles. The number of rotatable bonds is 2. The molecule has 0 aliphatic heterocycles. The Kier molecular flexibility index (Phi) is 5.42. The molecule has 3 aromatic rings. The predicted molar refractivity (Wildman–Crippen MR) is 111 cm³/mol. The zero-order valence-electron chi connectivity index (χ0n) is 14.3. The second-order valence-electron chi connectivity index (χ2n) is 6.04. The lowest BCUT2D eigenvalue weighted by Crippen LogP contribution is -2.03. The number of aromatic hydroxyl groups is 1. The smallest absolute Gasteiger partial charge is 0.283 e. The lowest BCUT2D eigenvalue weighted by atomic mass is 10.0. The minimum Gasteiger partial charge on any atom is -0.505 e. The molecule has 0 spiro atoms. The van der Waals surface area contributed by atoms with Crippen molar-refractivity contribution in [3.8, 4) is 17.0 Å². The van der Waals surface area contributed by atoms with Crippen LogP contribution in [0.25, 0.3) is 22.2 Å². The summed E-state index contributed by atoms with van der Waals surface area (Å²) in [5, 5.41) is 21.4. The van der Waals surface area contributed by atoms with Gasteiger partial charge in [0.1, 0.15) is 10.8 Å². The second kappa shape index (κ2) is 7.37. The molecule has 0 atom stereocenters. The minimum absolute atomic E-state index is 0.00266. The van der Waals surface area contributed by atoms with Gasteiger partial charge in [0.05, 0.1) is 42.2 Å². The van der Waals surface area contributed by atoms with Crippen molar-refractivity contribution in [3.05, 3.63) is 69.8 Å². The van der Waals surface area contributed by atoms with Gasteiger partial charge in [-0.3, -0.25) is 14.9 Å². The van der Waals surface area contributed by atoms with E-state index in [-0.39, 0.29) is 47.9 Å². The van der Waals surface area contributed by atoms with E-state index < -0.39 is 16.1 Å².